The van der Waals surface area contributed by atoms with Crippen LogP contribution < -0.4 is 0 Å². The van der Waals surface area contributed by atoms with Gasteiger partial charge in [0.1, 0.15) is 0 Å². The number of pyridine rings is 1. The minimum Gasteiger partial charge on any atom is -0.265 e. The molecule has 0 aromatic carbocycles. The molecule has 0 radical (unpaired) electrons. The largest absolute Gasteiger partial charge is 0.265 e. The predicted octanol–water partition coefficient (Wildman–Crippen LogP) is 5.47. The second-order valence-corrected chi connectivity index (χ2v) is 3.44. The van der Waals surface area contributed by atoms with Crippen LogP contribution in [0.5, 0.6) is 0 Å². The van der Waals surface area contributed by atoms with Gasteiger partial charge in [-0.25, -0.2) is 0 Å². The number of unbranched alkanes of at least 4 members (excludes halogenated alkanes) is 5. The summed E-state index contributed by atoms with van der Waals surface area (Å²) in [6, 6.07) is 5.72. The Hall–Kier alpha value is -0.850. The number of rotatable bonds is 5. The third-order valence-corrected chi connectivity index (χ3v) is 2.02. The lowest BCUT2D eigenvalue weighted by molar-refractivity contribution is 0.624. The minimum atomic E-state index is 1.36. The van der Waals surface area contributed by atoms with Crippen molar-refractivity contribution in [2.45, 2.75) is 66.2 Å². The van der Waals surface area contributed by atoms with Gasteiger partial charge in [0.2, 0.25) is 0 Å². The van der Waals surface area contributed by atoms with Crippen molar-refractivity contribution in [3.8, 4) is 0 Å². The van der Waals surface area contributed by atoms with Crippen molar-refractivity contribution in [2.24, 2.45) is 0 Å². The van der Waals surface area contributed by atoms with Gasteiger partial charge in [0, 0.05) is 12.4 Å². The van der Waals surface area contributed by atoms with Crippen LogP contribution in [0.2, 0.25) is 0 Å². The van der Waals surface area contributed by atoms with Crippen molar-refractivity contribution < 1.29 is 0 Å². The van der Waals surface area contributed by atoms with Crippen LogP contribution in [0.15, 0.2) is 30.6 Å². The van der Waals surface area contributed by atoms with Crippen LogP contribution in [0.25, 0.3) is 0 Å². The van der Waals surface area contributed by atoms with E-state index < -0.39 is 0 Å². The minimum absolute atomic E-state index is 1.36. The average molecular weight is 223 g/mol. The first kappa shape index (κ1) is 17.5. The maximum atomic E-state index is 3.78. The van der Waals surface area contributed by atoms with Gasteiger partial charge in [-0.2, -0.15) is 0 Å². The Balaban J connectivity index is 0. The number of hydrogen-bond acceptors (Lipinski definition) is 1. The lowest BCUT2D eigenvalue weighted by atomic mass is 10.1. The van der Waals surface area contributed by atoms with E-state index in [1.165, 1.54) is 38.5 Å². The van der Waals surface area contributed by atoms with Gasteiger partial charge in [-0.1, -0.05) is 72.3 Å². The Bertz CT molecular complexity index is 139. The molecule has 1 rings (SSSR count). The molecule has 0 saturated carbocycles. The van der Waals surface area contributed by atoms with Gasteiger partial charge in [-0.3, -0.25) is 4.98 Å². The maximum Gasteiger partial charge on any atom is 0.0267 e. The molecule has 1 aromatic heterocycles. The predicted molar refractivity (Wildman–Crippen MR) is 74.6 cm³/mol. The fourth-order valence-electron chi connectivity index (χ4n) is 1.17. The maximum absolute atomic E-state index is 3.78. The zero-order valence-corrected chi connectivity index (χ0v) is 11.6. The third kappa shape index (κ3) is 18.8. The molecule has 1 heteroatoms. The second-order valence-electron chi connectivity index (χ2n) is 3.44. The van der Waals surface area contributed by atoms with E-state index in [2.05, 4.69) is 18.8 Å². The van der Waals surface area contributed by atoms with E-state index in [9.17, 15) is 0 Å². The second kappa shape index (κ2) is 19.7. The first-order valence-corrected chi connectivity index (χ1v) is 6.76. The summed E-state index contributed by atoms with van der Waals surface area (Å²) in [4.78, 5) is 3.78. The van der Waals surface area contributed by atoms with Gasteiger partial charge < -0.3 is 0 Å². The Labute approximate surface area is 102 Å². The monoisotopic (exact) mass is 223 g/mol. The topological polar surface area (TPSA) is 12.9 Å². The molecule has 0 aliphatic heterocycles. The Kier molecular flexibility index (Phi) is 21.6. The summed E-state index contributed by atoms with van der Waals surface area (Å²) in [6.07, 6.45) is 12.0. The fraction of sp³-hybridized carbons (Fsp3) is 0.667. The van der Waals surface area contributed by atoms with Crippen LogP contribution in [0.4, 0.5) is 0 Å². The summed E-state index contributed by atoms with van der Waals surface area (Å²) in [7, 11) is 0. The zero-order valence-electron chi connectivity index (χ0n) is 11.6. The SMILES string of the molecule is CC.CCCCCCCC.c1ccncc1. The van der Waals surface area contributed by atoms with Gasteiger partial charge >= 0.3 is 0 Å². The summed E-state index contributed by atoms with van der Waals surface area (Å²) in [6.45, 7) is 8.51. The first-order valence-electron chi connectivity index (χ1n) is 6.76. The summed E-state index contributed by atoms with van der Waals surface area (Å²) in [5, 5.41) is 0. The van der Waals surface area contributed by atoms with Crippen LogP contribution in [0, 0.1) is 0 Å². The van der Waals surface area contributed by atoms with Crippen molar-refractivity contribution >= 4 is 0 Å². The van der Waals surface area contributed by atoms with E-state index in [0.717, 1.165) is 0 Å². The van der Waals surface area contributed by atoms with Crippen LogP contribution in [-0.4, -0.2) is 4.98 Å². The van der Waals surface area contributed by atoms with Crippen molar-refractivity contribution in [3.05, 3.63) is 30.6 Å². The molecule has 0 aliphatic carbocycles. The molecule has 0 spiro atoms. The third-order valence-electron chi connectivity index (χ3n) is 2.02. The average Bonchev–Trinajstić information content (AvgIpc) is 2.40. The standard InChI is InChI=1S/C8H18.C5H5N.C2H6/c1-3-5-7-8-6-4-2;1-2-4-6-5-3-1;1-2/h3-8H2,1-2H3;1-5H;1-2H3. The highest BCUT2D eigenvalue weighted by molar-refractivity contribution is 4.88. The summed E-state index contributed by atoms with van der Waals surface area (Å²) < 4.78 is 0. The molecular weight excluding hydrogens is 194 g/mol. The lowest BCUT2D eigenvalue weighted by Crippen LogP contribution is -1.73. The van der Waals surface area contributed by atoms with E-state index in [4.69, 9.17) is 0 Å². The number of aromatic nitrogens is 1. The van der Waals surface area contributed by atoms with Crippen molar-refractivity contribution in [3.63, 3.8) is 0 Å². The highest BCUT2D eigenvalue weighted by atomic mass is 14.6. The van der Waals surface area contributed by atoms with E-state index in [1.807, 2.05) is 32.0 Å². The molecule has 0 saturated heterocycles. The van der Waals surface area contributed by atoms with Crippen LogP contribution in [0.3, 0.4) is 0 Å². The van der Waals surface area contributed by atoms with Crippen molar-refractivity contribution in [2.75, 3.05) is 0 Å². The molecule has 0 atom stereocenters. The van der Waals surface area contributed by atoms with Crippen LogP contribution in [-0.2, 0) is 0 Å². The van der Waals surface area contributed by atoms with E-state index in [0.29, 0.717) is 0 Å². The molecule has 1 heterocycles. The van der Waals surface area contributed by atoms with Gasteiger partial charge in [-0.05, 0) is 12.1 Å². The van der Waals surface area contributed by atoms with Crippen LogP contribution >= 0.6 is 0 Å². The Morgan fingerprint density at radius 1 is 0.688 bits per heavy atom. The van der Waals surface area contributed by atoms with E-state index in [1.54, 1.807) is 12.4 Å². The molecule has 0 amide bonds. The highest BCUT2D eigenvalue weighted by Gasteiger charge is 1.83. The summed E-state index contributed by atoms with van der Waals surface area (Å²) >= 11 is 0. The molecule has 94 valence electrons. The molecule has 1 aromatic rings. The Morgan fingerprint density at radius 2 is 1.12 bits per heavy atom. The summed E-state index contributed by atoms with van der Waals surface area (Å²) in [5.41, 5.74) is 0. The molecule has 16 heavy (non-hydrogen) atoms. The molecule has 0 unspecified atom stereocenters. The van der Waals surface area contributed by atoms with Gasteiger partial charge in [0.15, 0.2) is 0 Å². The van der Waals surface area contributed by atoms with Gasteiger partial charge in [-0.15, -0.1) is 0 Å². The lowest BCUT2D eigenvalue weighted by Gasteiger charge is -1.93. The first-order chi connectivity index (χ1) is 7.91. The number of hydrogen-bond donors (Lipinski definition) is 0. The molecule has 0 N–H and O–H groups in total. The molecule has 0 bridgehead atoms. The Morgan fingerprint density at radius 3 is 1.31 bits per heavy atom. The zero-order chi connectivity index (χ0) is 12.5. The summed E-state index contributed by atoms with van der Waals surface area (Å²) in [5.74, 6) is 0. The molecule has 0 aliphatic rings. The molecule has 1 nitrogen and oxygen atoms in total. The quantitative estimate of drug-likeness (QED) is 0.603. The van der Waals surface area contributed by atoms with Crippen molar-refractivity contribution in [1.29, 1.82) is 0 Å². The molecule has 0 fully saturated rings. The fourth-order valence-corrected chi connectivity index (χ4v) is 1.17. The highest BCUT2D eigenvalue weighted by Crippen LogP contribution is 2.03. The van der Waals surface area contributed by atoms with E-state index >= 15 is 0 Å². The van der Waals surface area contributed by atoms with Gasteiger partial charge in [0.05, 0.1) is 0 Å². The van der Waals surface area contributed by atoms with Crippen LogP contribution in [0.1, 0.15) is 66.2 Å². The van der Waals surface area contributed by atoms with Gasteiger partial charge in [0.25, 0.3) is 0 Å². The number of nitrogens with zero attached hydrogens (tertiary/aromatic N) is 1. The molecular formula is C15H29N. The smallest absolute Gasteiger partial charge is 0.0267 e. The van der Waals surface area contributed by atoms with Crippen molar-refractivity contribution in [1.82, 2.24) is 4.98 Å². The van der Waals surface area contributed by atoms with E-state index in [-0.39, 0.29) is 0 Å². The normalized spacial score (nSPS) is 8.25.